The summed E-state index contributed by atoms with van der Waals surface area (Å²) in [5, 5.41) is 18.3. The highest BCUT2D eigenvalue weighted by atomic mass is 16.5. The lowest BCUT2D eigenvalue weighted by Crippen LogP contribution is -2.31. The van der Waals surface area contributed by atoms with Gasteiger partial charge >= 0.3 is 12.0 Å². The van der Waals surface area contributed by atoms with Gasteiger partial charge in [-0.2, -0.15) is 0 Å². The first-order chi connectivity index (χ1) is 11.5. The number of fused-ring (bicyclic) bond motifs is 1. The Balaban J connectivity index is 1.70. The van der Waals surface area contributed by atoms with Gasteiger partial charge in [0.2, 0.25) is 0 Å². The quantitative estimate of drug-likeness (QED) is 0.678. The highest BCUT2D eigenvalue weighted by Crippen LogP contribution is 2.22. The number of aromatic nitrogens is 2. The number of nitrogens with zero attached hydrogens (tertiary/aromatic N) is 2. The lowest BCUT2D eigenvalue weighted by atomic mass is 10.1. The first-order valence-corrected chi connectivity index (χ1v) is 7.15. The molecule has 1 atom stereocenters. The highest BCUT2D eigenvalue weighted by molar-refractivity contribution is 6.01. The van der Waals surface area contributed by atoms with Crippen molar-refractivity contribution in [2.75, 3.05) is 5.32 Å². The molecule has 0 saturated heterocycles. The number of urea groups is 1. The monoisotopic (exact) mass is 326 g/mol. The molecule has 8 nitrogen and oxygen atoms in total. The van der Waals surface area contributed by atoms with Crippen LogP contribution in [0.4, 0.5) is 10.5 Å². The fraction of sp³-hybridized carbons (Fsp3) is 0.125. The van der Waals surface area contributed by atoms with Gasteiger partial charge in [0.1, 0.15) is 0 Å². The van der Waals surface area contributed by atoms with Crippen LogP contribution in [-0.4, -0.2) is 27.2 Å². The molecule has 2 heterocycles. The average molecular weight is 326 g/mol. The third kappa shape index (κ3) is 3.17. The van der Waals surface area contributed by atoms with Crippen LogP contribution in [0.25, 0.3) is 11.0 Å². The number of rotatable bonds is 4. The molecule has 0 fully saturated rings. The second-order valence-electron chi connectivity index (χ2n) is 5.15. The van der Waals surface area contributed by atoms with Crippen molar-refractivity contribution < 1.29 is 19.2 Å². The lowest BCUT2D eigenvalue weighted by Gasteiger charge is -2.14. The van der Waals surface area contributed by atoms with Crippen LogP contribution in [-0.2, 0) is 0 Å². The van der Waals surface area contributed by atoms with Gasteiger partial charge in [0.05, 0.1) is 11.4 Å². The van der Waals surface area contributed by atoms with E-state index in [1.165, 1.54) is 12.1 Å². The third-order valence-electron chi connectivity index (χ3n) is 3.49. The molecule has 1 aromatic carbocycles. The summed E-state index contributed by atoms with van der Waals surface area (Å²) in [4.78, 5) is 27.0. The molecule has 3 aromatic rings. The van der Waals surface area contributed by atoms with Crippen LogP contribution >= 0.6 is 0 Å². The number of benzene rings is 1. The van der Waals surface area contributed by atoms with Crippen molar-refractivity contribution in [1.82, 2.24) is 15.5 Å². The minimum atomic E-state index is -1.17. The van der Waals surface area contributed by atoms with Crippen molar-refractivity contribution in [1.29, 1.82) is 0 Å². The van der Waals surface area contributed by atoms with E-state index in [0.29, 0.717) is 11.1 Å². The molecule has 0 radical (unpaired) electrons. The number of carbonyl (C=O) groups excluding carboxylic acids is 1. The van der Waals surface area contributed by atoms with Gasteiger partial charge in [-0.1, -0.05) is 5.16 Å². The van der Waals surface area contributed by atoms with Gasteiger partial charge in [0.15, 0.2) is 11.3 Å². The summed E-state index contributed by atoms with van der Waals surface area (Å²) in [6, 6.07) is 7.70. The van der Waals surface area contributed by atoms with Crippen molar-refractivity contribution in [2.45, 2.75) is 13.0 Å². The maximum atomic E-state index is 12.1. The fourth-order valence-corrected chi connectivity index (χ4v) is 2.27. The number of carboxylic acid groups (broad SMARTS) is 1. The van der Waals surface area contributed by atoms with Gasteiger partial charge in [-0.25, -0.2) is 9.59 Å². The predicted molar refractivity (Wildman–Crippen MR) is 85.8 cm³/mol. The molecule has 0 aliphatic heterocycles. The smallest absolute Gasteiger partial charge is 0.358 e. The molecule has 0 saturated carbocycles. The zero-order valence-electron chi connectivity index (χ0n) is 12.7. The Labute approximate surface area is 136 Å². The zero-order chi connectivity index (χ0) is 17.1. The Morgan fingerprint density at radius 3 is 2.67 bits per heavy atom. The van der Waals surface area contributed by atoms with Crippen molar-refractivity contribution >= 4 is 28.7 Å². The van der Waals surface area contributed by atoms with E-state index in [1.807, 2.05) is 19.1 Å². The highest BCUT2D eigenvalue weighted by Gasteiger charge is 2.16. The number of carbonyl (C=O) groups is 2. The molecule has 2 aromatic heterocycles. The first-order valence-electron chi connectivity index (χ1n) is 7.15. The second-order valence-corrected chi connectivity index (χ2v) is 5.15. The predicted octanol–water partition coefficient (Wildman–Crippen LogP) is 2.80. The number of hydrogen-bond donors (Lipinski definition) is 3. The maximum Gasteiger partial charge on any atom is 0.358 e. The summed E-state index contributed by atoms with van der Waals surface area (Å²) in [6.07, 6.45) is 3.31. The maximum absolute atomic E-state index is 12.1. The van der Waals surface area contributed by atoms with E-state index in [4.69, 9.17) is 9.63 Å². The van der Waals surface area contributed by atoms with E-state index in [0.717, 1.165) is 5.56 Å². The molecule has 0 bridgehead atoms. The standard InChI is InChI=1S/C16H14N4O4/c1-9(10-4-6-17-7-5-10)18-16(23)19-11-2-3-12-13(8-11)24-20-14(12)15(21)22/h2-9H,1H3,(H,21,22)(H2,18,19,23). The number of amides is 2. The summed E-state index contributed by atoms with van der Waals surface area (Å²) in [5.74, 6) is -1.17. The van der Waals surface area contributed by atoms with Gasteiger partial charge in [-0.05, 0) is 36.8 Å². The van der Waals surface area contributed by atoms with E-state index in [9.17, 15) is 9.59 Å². The number of nitrogens with one attached hydrogen (secondary N) is 2. The number of aromatic carboxylic acids is 1. The van der Waals surface area contributed by atoms with Crippen molar-refractivity contribution in [2.24, 2.45) is 0 Å². The van der Waals surface area contributed by atoms with E-state index in [-0.39, 0.29) is 17.3 Å². The Kier molecular flexibility index (Phi) is 4.11. The number of hydrogen-bond acceptors (Lipinski definition) is 5. The van der Waals surface area contributed by atoms with Crippen molar-refractivity contribution in [3.63, 3.8) is 0 Å². The van der Waals surface area contributed by atoms with E-state index >= 15 is 0 Å². The zero-order valence-corrected chi connectivity index (χ0v) is 12.7. The second kappa shape index (κ2) is 6.37. The summed E-state index contributed by atoms with van der Waals surface area (Å²) in [5.41, 5.74) is 1.52. The van der Waals surface area contributed by atoms with Crippen LogP contribution in [0.15, 0.2) is 47.2 Å². The third-order valence-corrected chi connectivity index (χ3v) is 3.49. The van der Waals surface area contributed by atoms with Crippen LogP contribution in [0, 0.1) is 0 Å². The van der Waals surface area contributed by atoms with E-state index < -0.39 is 12.0 Å². The molecule has 8 heteroatoms. The molecule has 3 N–H and O–H groups in total. The summed E-state index contributed by atoms with van der Waals surface area (Å²) in [6.45, 7) is 1.85. The van der Waals surface area contributed by atoms with Gasteiger partial charge in [0, 0.05) is 24.1 Å². The van der Waals surface area contributed by atoms with Crippen LogP contribution in [0.1, 0.15) is 29.0 Å². The van der Waals surface area contributed by atoms with E-state index in [2.05, 4.69) is 20.8 Å². The van der Waals surface area contributed by atoms with Crippen molar-refractivity contribution in [3.8, 4) is 0 Å². The Bertz CT molecular complexity index is 891. The first kappa shape index (κ1) is 15.5. The number of pyridine rings is 1. The van der Waals surface area contributed by atoms with Crippen molar-refractivity contribution in [3.05, 3.63) is 54.0 Å². The molecule has 0 aliphatic rings. The summed E-state index contributed by atoms with van der Waals surface area (Å²) < 4.78 is 4.97. The summed E-state index contributed by atoms with van der Waals surface area (Å²) >= 11 is 0. The molecule has 0 spiro atoms. The van der Waals surface area contributed by atoms with Gasteiger partial charge in [-0.3, -0.25) is 4.98 Å². The fourth-order valence-electron chi connectivity index (χ4n) is 2.27. The molecule has 3 rings (SSSR count). The van der Waals surface area contributed by atoms with Gasteiger partial charge < -0.3 is 20.3 Å². The van der Waals surface area contributed by atoms with Crippen LogP contribution in [0.5, 0.6) is 0 Å². The number of carboxylic acids is 1. The summed E-state index contributed by atoms with van der Waals surface area (Å²) in [7, 11) is 0. The lowest BCUT2D eigenvalue weighted by molar-refractivity contribution is 0.0688. The Morgan fingerprint density at radius 2 is 1.96 bits per heavy atom. The minimum absolute atomic E-state index is 0.160. The van der Waals surface area contributed by atoms with E-state index in [1.54, 1.807) is 18.5 Å². The molecule has 24 heavy (non-hydrogen) atoms. The van der Waals surface area contributed by atoms with Crippen LogP contribution in [0.2, 0.25) is 0 Å². The topological polar surface area (TPSA) is 117 Å². The normalized spacial score (nSPS) is 11.9. The minimum Gasteiger partial charge on any atom is -0.476 e. The Hall–Kier alpha value is -3.42. The molecule has 122 valence electrons. The largest absolute Gasteiger partial charge is 0.476 e. The molecular weight excluding hydrogens is 312 g/mol. The molecule has 2 amide bonds. The average Bonchev–Trinajstić information content (AvgIpc) is 2.99. The SMILES string of the molecule is CC(NC(=O)Nc1ccc2c(C(=O)O)noc2c1)c1ccncc1. The van der Waals surface area contributed by atoms with Gasteiger partial charge in [-0.15, -0.1) is 0 Å². The number of anilines is 1. The molecule has 0 aliphatic carbocycles. The molecular formula is C16H14N4O4. The van der Waals surface area contributed by atoms with Crippen LogP contribution in [0.3, 0.4) is 0 Å². The molecule has 1 unspecified atom stereocenters. The Morgan fingerprint density at radius 1 is 1.21 bits per heavy atom. The van der Waals surface area contributed by atoms with Crippen LogP contribution < -0.4 is 10.6 Å². The van der Waals surface area contributed by atoms with Gasteiger partial charge in [0.25, 0.3) is 0 Å².